The second kappa shape index (κ2) is 13.1. The quantitative estimate of drug-likeness (QED) is 0.632. The number of nitrogens with one attached hydrogen (secondary N) is 1. The lowest BCUT2D eigenvalue weighted by Gasteiger charge is -2.34. The van der Waals surface area contributed by atoms with Crippen molar-refractivity contribution in [2.75, 3.05) is 38.5 Å². The predicted octanol–water partition coefficient (Wildman–Crippen LogP) is 2.51. The van der Waals surface area contributed by atoms with E-state index < -0.39 is 0 Å². The maximum atomic E-state index is 12.4. The van der Waals surface area contributed by atoms with Gasteiger partial charge in [-0.05, 0) is 23.6 Å². The van der Waals surface area contributed by atoms with E-state index in [1.54, 1.807) is 0 Å². The van der Waals surface area contributed by atoms with Crippen LogP contribution in [0, 0.1) is 0 Å². The maximum absolute atomic E-state index is 12.4. The molecule has 1 saturated heterocycles. The van der Waals surface area contributed by atoms with E-state index in [1.807, 2.05) is 47.4 Å². The highest BCUT2D eigenvalue weighted by atomic mass is 35.5. The fraction of sp³-hybridized carbons (Fsp3) is 0.364. The fourth-order valence-corrected chi connectivity index (χ4v) is 3.38. The summed E-state index contributed by atoms with van der Waals surface area (Å²) in [5.41, 5.74) is 8.83. The third-order valence-electron chi connectivity index (χ3n) is 5.09. The number of nitrogens with two attached hydrogens (primary N) is 1. The van der Waals surface area contributed by atoms with Gasteiger partial charge in [-0.3, -0.25) is 14.5 Å². The number of hydrogen-bond donors (Lipinski definition) is 2. The molecule has 8 heteroatoms. The zero-order valence-electron chi connectivity index (χ0n) is 17.0. The van der Waals surface area contributed by atoms with Crippen LogP contribution in [0.4, 0.5) is 5.69 Å². The van der Waals surface area contributed by atoms with E-state index in [0.717, 1.165) is 25.2 Å². The highest BCUT2D eigenvalue weighted by Gasteiger charge is 2.21. The number of carbonyl (C=O) groups excluding carboxylic acids is 2. The van der Waals surface area contributed by atoms with Gasteiger partial charge < -0.3 is 16.0 Å². The number of rotatable bonds is 7. The van der Waals surface area contributed by atoms with Crippen LogP contribution in [-0.4, -0.2) is 54.3 Å². The lowest BCUT2D eigenvalue weighted by Crippen LogP contribution is -2.50. The van der Waals surface area contributed by atoms with Gasteiger partial charge in [0.1, 0.15) is 0 Å². The van der Waals surface area contributed by atoms with Crippen molar-refractivity contribution in [3.05, 3.63) is 65.7 Å². The SMILES string of the molecule is Cl.Cl.Nc1ccccc1CCC(=O)NCC(=O)N1CCN(Cc2ccccc2)CC1. The van der Waals surface area contributed by atoms with Crippen molar-refractivity contribution >= 4 is 42.3 Å². The molecule has 0 spiro atoms. The van der Waals surface area contributed by atoms with Gasteiger partial charge in [0.15, 0.2) is 0 Å². The molecule has 0 radical (unpaired) electrons. The van der Waals surface area contributed by atoms with E-state index in [9.17, 15) is 9.59 Å². The topological polar surface area (TPSA) is 78.7 Å². The number of aryl methyl sites for hydroxylation is 1. The minimum atomic E-state index is -0.126. The Bertz CT molecular complexity index is 797. The summed E-state index contributed by atoms with van der Waals surface area (Å²) in [5.74, 6) is -0.147. The van der Waals surface area contributed by atoms with E-state index in [2.05, 4.69) is 22.3 Å². The van der Waals surface area contributed by atoms with Crippen LogP contribution in [0.5, 0.6) is 0 Å². The molecule has 0 aliphatic carbocycles. The number of amides is 2. The molecule has 164 valence electrons. The first-order valence-corrected chi connectivity index (χ1v) is 9.76. The van der Waals surface area contributed by atoms with Gasteiger partial charge >= 0.3 is 0 Å². The Kier molecular flexibility index (Phi) is 11.3. The average molecular weight is 453 g/mol. The number of para-hydroxylation sites is 1. The van der Waals surface area contributed by atoms with E-state index in [-0.39, 0.29) is 43.2 Å². The Morgan fingerprint density at radius 3 is 2.20 bits per heavy atom. The molecule has 1 heterocycles. The summed E-state index contributed by atoms with van der Waals surface area (Å²) < 4.78 is 0. The summed E-state index contributed by atoms with van der Waals surface area (Å²) in [6.45, 7) is 4.05. The number of piperazine rings is 1. The smallest absolute Gasteiger partial charge is 0.242 e. The zero-order valence-corrected chi connectivity index (χ0v) is 18.6. The number of carbonyl (C=O) groups is 2. The first kappa shape index (κ1) is 25.8. The summed E-state index contributed by atoms with van der Waals surface area (Å²) in [5, 5.41) is 2.74. The lowest BCUT2D eigenvalue weighted by atomic mass is 10.1. The monoisotopic (exact) mass is 452 g/mol. The van der Waals surface area contributed by atoms with Gasteiger partial charge in [0.2, 0.25) is 11.8 Å². The molecule has 2 amide bonds. The average Bonchev–Trinajstić information content (AvgIpc) is 2.73. The van der Waals surface area contributed by atoms with Crippen molar-refractivity contribution in [2.45, 2.75) is 19.4 Å². The van der Waals surface area contributed by atoms with Gasteiger partial charge in [0.05, 0.1) is 6.54 Å². The minimum absolute atomic E-state index is 0. The molecule has 0 unspecified atom stereocenters. The number of halogens is 2. The van der Waals surface area contributed by atoms with Crippen LogP contribution >= 0.6 is 24.8 Å². The molecule has 2 aromatic rings. The van der Waals surface area contributed by atoms with Crippen LogP contribution in [0.2, 0.25) is 0 Å². The normalized spacial score (nSPS) is 13.7. The first-order chi connectivity index (χ1) is 13.6. The number of nitrogen functional groups attached to an aromatic ring is 1. The Hall–Kier alpha value is -2.28. The highest BCUT2D eigenvalue weighted by Crippen LogP contribution is 2.12. The van der Waals surface area contributed by atoms with Crippen molar-refractivity contribution in [1.29, 1.82) is 0 Å². The van der Waals surface area contributed by atoms with Crippen LogP contribution in [0.3, 0.4) is 0 Å². The number of hydrogen-bond acceptors (Lipinski definition) is 4. The predicted molar refractivity (Wildman–Crippen MR) is 125 cm³/mol. The summed E-state index contributed by atoms with van der Waals surface area (Å²) in [4.78, 5) is 28.6. The summed E-state index contributed by atoms with van der Waals surface area (Å²) in [6, 6.07) is 17.9. The van der Waals surface area contributed by atoms with E-state index in [1.165, 1.54) is 5.56 Å². The molecule has 3 N–H and O–H groups in total. The van der Waals surface area contributed by atoms with Crippen molar-refractivity contribution in [3.8, 4) is 0 Å². The van der Waals surface area contributed by atoms with Crippen LogP contribution in [0.1, 0.15) is 17.5 Å². The molecule has 0 saturated carbocycles. The van der Waals surface area contributed by atoms with Crippen molar-refractivity contribution < 1.29 is 9.59 Å². The number of benzene rings is 2. The summed E-state index contributed by atoms with van der Waals surface area (Å²) in [7, 11) is 0. The van der Waals surface area contributed by atoms with E-state index in [4.69, 9.17) is 5.73 Å². The number of anilines is 1. The standard InChI is InChI=1S/C22H28N4O2.2ClH/c23-20-9-5-4-8-19(20)10-11-21(27)24-16-22(28)26-14-12-25(13-15-26)17-18-6-2-1-3-7-18;;/h1-9H,10-17,23H2,(H,24,27);2*1H. The molecule has 1 aliphatic rings. The minimum Gasteiger partial charge on any atom is -0.399 e. The molecule has 0 aromatic heterocycles. The second-order valence-corrected chi connectivity index (χ2v) is 7.12. The van der Waals surface area contributed by atoms with E-state index in [0.29, 0.717) is 31.6 Å². The molecule has 3 rings (SSSR count). The van der Waals surface area contributed by atoms with Gasteiger partial charge in [-0.2, -0.15) is 0 Å². The van der Waals surface area contributed by atoms with Gasteiger partial charge in [0, 0.05) is 44.8 Å². The Balaban J connectivity index is 0.00000225. The van der Waals surface area contributed by atoms with Crippen molar-refractivity contribution in [1.82, 2.24) is 15.1 Å². The largest absolute Gasteiger partial charge is 0.399 e. The van der Waals surface area contributed by atoms with Crippen LogP contribution in [0.15, 0.2) is 54.6 Å². The maximum Gasteiger partial charge on any atom is 0.242 e. The number of nitrogens with zero attached hydrogens (tertiary/aromatic N) is 2. The Morgan fingerprint density at radius 1 is 0.900 bits per heavy atom. The molecule has 1 fully saturated rings. The van der Waals surface area contributed by atoms with Crippen molar-refractivity contribution in [3.63, 3.8) is 0 Å². The highest BCUT2D eigenvalue weighted by molar-refractivity contribution is 5.86. The lowest BCUT2D eigenvalue weighted by molar-refractivity contribution is -0.134. The molecular weight excluding hydrogens is 423 g/mol. The first-order valence-electron chi connectivity index (χ1n) is 9.76. The van der Waals surface area contributed by atoms with Gasteiger partial charge in [0.25, 0.3) is 0 Å². The molecule has 0 atom stereocenters. The van der Waals surface area contributed by atoms with Gasteiger partial charge in [-0.15, -0.1) is 24.8 Å². The Labute approximate surface area is 190 Å². The second-order valence-electron chi connectivity index (χ2n) is 7.12. The van der Waals surface area contributed by atoms with Gasteiger partial charge in [-0.25, -0.2) is 0 Å². The summed E-state index contributed by atoms with van der Waals surface area (Å²) >= 11 is 0. The molecule has 6 nitrogen and oxygen atoms in total. The third-order valence-corrected chi connectivity index (χ3v) is 5.09. The summed E-state index contributed by atoms with van der Waals surface area (Å²) in [6.07, 6.45) is 0.900. The molecule has 2 aromatic carbocycles. The zero-order chi connectivity index (χ0) is 19.8. The van der Waals surface area contributed by atoms with Crippen molar-refractivity contribution in [2.24, 2.45) is 0 Å². The van der Waals surface area contributed by atoms with Crippen LogP contribution in [0.25, 0.3) is 0 Å². The van der Waals surface area contributed by atoms with Crippen LogP contribution < -0.4 is 11.1 Å². The van der Waals surface area contributed by atoms with E-state index >= 15 is 0 Å². The molecule has 0 bridgehead atoms. The molecule has 30 heavy (non-hydrogen) atoms. The Morgan fingerprint density at radius 2 is 1.53 bits per heavy atom. The third kappa shape index (κ3) is 7.86. The molecule has 1 aliphatic heterocycles. The van der Waals surface area contributed by atoms with Crippen LogP contribution in [-0.2, 0) is 22.6 Å². The fourth-order valence-electron chi connectivity index (χ4n) is 3.38. The van der Waals surface area contributed by atoms with Gasteiger partial charge in [-0.1, -0.05) is 48.5 Å². The molecular formula is C22H30Cl2N4O2.